The Balaban J connectivity index is 2.58. The Morgan fingerprint density at radius 3 is 3.11 bits per heavy atom. The number of amides is 1. The minimum absolute atomic E-state index is 0.280. The maximum absolute atomic E-state index is 10.0. The van der Waals surface area contributed by atoms with Gasteiger partial charge in [-0.15, -0.1) is 0 Å². The van der Waals surface area contributed by atoms with Crippen LogP contribution in [0.25, 0.3) is 0 Å². The van der Waals surface area contributed by atoms with Crippen LogP contribution in [0.15, 0.2) is 11.6 Å². The third-order valence-corrected chi connectivity index (χ3v) is 1.25. The normalized spacial score (nSPS) is 8.89. The number of nitrogens with zero attached hydrogens (tertiary/aromatic N) is 1. The summed E-state index contributed by atoms with van der Waals surface area (Å²) in [5.74, 6) is 0. The maximum Gasteiger partial charge on any atom is 0.411 e. The van der Waals surface area contributed by atoms with E-state index in [0.717, 1.165) is 0 Å². The second kappa shape index (κ2) is 2.45. The third-order valence-electron chi connectivity index (χ3n) is 0.598. The molecule has 1 heterocycles. The number of ether oxygens (including phenoxy) is 1. The third kappa shape index (κ3) is 1.69. The molecule has 0 aliphatic carbocycles. The first kappa shape index (κ1) is 6.03. The summed E-state index contributed by atoms with van der Waals surface area (Å²) >= 11 is 1.22. The zero-order valence-corrected chi connectivity index (χ0v) is 5.22. The van der Waals surface area contributed by atoms with Crippen LogP contribution in [0.1, 0.15) is 0 Å². The summed E-state index contributed by atoms with van der Waals surface area (Å²) < 4.78 is 4.40. The fraction of sp³-hybridized carbons (Fsp3) is 0. The van der Waals surface area contributed by atoms with Gasteiger partial charge in [-0.25, -0.2) is 9.78 Å². The molecule has 0 bridgehead atoms. The van der Waals surface area contributed by atoms with Crippen molar-refractivity contribution in [3.63, 3.8) is 0 Å². The van der Waals surface area contributed by atoms with Crippen molar-refractivity contribution in [2.24, 2.45) is 5.73 Å². The summed E-state index contributed by atoms with van der Waals surface area (Å²) in [6, 6.07) is 0. The maximum atomic E-state index is 10.0. The number of hydrogen-bond donors (Lipinski definition) is 1. The lowest BCUT2D eigenvalue weighted by atomic mass is 11.0. The van der Waals surface area contributed by atoms with Gasteiger partial charge in [0.2, 0.25) is 0 Å². The van der Waals surface area contributed by atoms with Gasteiger partial charge in [-0.05, 0) is 0 Å². The lowest BCUT2D eigenvalue weighted by Gasteiger charge is -1.89. The van der Waals surface area contributed by atoms with Crippen molar-refractivity contribution in [3.8, 4) is 5.19 Å². The van der Waals surface area contributed by atoms with E-state index in [-0.39, 0.29) is 5.19 Å². The van der Waals surface area contributed by atoms with E-state index in [0.29, 0.717) is 0 Å². The number of aromatic nitrogens is 1. The van der Waals surface area contributed by atoms with Crippen LogP contribution in [0.4, 0.5) is 4.79 Å². The molecule has 4 nitrogen and oxygen atoms in total. The molecule has 0 saturated heterocycles. The van der Waals surface area contributed by atoms with Crippen LogP contribution in [0.2, 0.25) is 0 Å². The molecule has 1 rings (SSSR count). The van der Waals surface area contributed by atoms with Gasteiger partial charge in [-0.1, -0.05) is 11.3 Å². The van der Waals surface area contributed by atoms with Crippen molar-refractivity contribution >= 4 is 17.4 Å². The summed E-state index contributed by atoms with van der Waals surface area (Å²) in [6.07, 6.45) is 0.702. The molecule has 48 valence electrons. The Bertz CT molecular complexity index is 196. The molecule has 0 aromatic carbocycles. The largest absolute Gasteiger partial charge is 0.411 e. The molecule has 0 aliphatic rings. The van der Waals surface area contributed by atoms with Gasteiger partial charge in [0.1, 0.15) is 0 Å². The molecular weight excluding hydrogens is 140 g/mol. The summed E-state index contributed by atoms with van der Waals surface area (Å²) in [6.45, 7) is 0. The summed E-state index contributed by atoms with van der Waals surface area (Å²) in [5, 5.41) is 1.97. The minimum Gasteiger partial charge on any atom is -0.381 e. The smallest absolute Gasteiger partial charge is 0.381 e. The van der Waals surface area contributed by atoms with E-state index in [1.54, 1.807) is 5.38 Å². The Morgan fingerprint density at radius 1 is 1.89 bits per heavy atom. The number of carbonyl (C=O) groups is 1. The van der Waals surface area contributed by atoms with Gasteiger partial charge >= 0.3 is 6.09 Å². The quantitative estimate of drug-likeness (QED) is 0.627. The molecule has 5 heteroatoms. The summed E-state index contributed by atoms with van der Waals surface area (Å²) in [4.78, 5) is 13.7. The van der Waals surface area contributed by atoms with Gasteiger partial charge in [0.25, 0.3) is 5.19 Å². The molecular formula is C4H4N2O2S. The second-order valence-electron chi connectivity index (χ2n) is 1.22. The van der Waals surface area contributed by atoms with E-state index in [2.05, 4.69) is 15.5 Å². The topological polar surface area (TPSA) is 65.2 Å². The van der Waals surface area contributed by atoms with Gasteiger partial charge in [-0.3, -0.25) is 0 Å². The fourth-order valence-electron chi connectivity index (χ4n) is 0.347. The first-order valence-corrected chi connectivity index (χ1v) is 3.04. The highest BCUT2D eigenvalue weighted by Gasteiger charge is 1.97. The van der Waals surface area contributed by atoms with Crippen LogP contribution in [0, 0.1) is 0 Å². The van der Waals surface area contributed by atoms with Gasteiger partial charge in [0, 0.05) is 11.6 Å². The molecule has 0 saturated carbocycles. The first-order valence-electron chi connectivity index (χ1n) is 2.16. The van der Waals surface area contributed by atoms with E-state index >= 15 is 0 Å². The highest BCUT2D eigenvalue weighted by Crippen LogP contribution is 2.12. The standard InChI is InChI=1S/C4H4N2O2S/c5-3(7)8-4-6-1-2-9-4/h1-2H,(H2,5,7). The lowest BCUT2D eigenvalue weighted by molar-refractivity contribution is 0.210. The molecule has 0 aliphatic heterocycles. The van der Waals surface area contributed by atoms with E-state index < -0.39 is 6.09 Å². The predicted octanol–water partition coefficient (Wildman–Crippen LogP) is 0.601. The average Bonchev–Trinajstić information content (AvgIpc) is 2.15. The molecule has 0 fully saturated rings. The zero-order chi connectivity index (χ0) is 6.69. The Kier molecular flexibility index (Phi) is 1.64. The van der Waals surface area contributed by atoms with Crippen LogP contribution < -0.4 is 10.5 Å². The Labute approximate surface area is 55.3 Å². The molecule has 0 atom stereocenters. The molecule has 1 aromatic rings. The number of carbonyl (C=O) groups excluding carboxylic acids is 1. The van der Waals surface area contributed by atoms with Crippen molar-refractivity contribution in [1.29, 1.82) is 0 Å². The molecule has 0 spiro atoms. The van der Waals surface area contributed by atoms with Crippen LogP contribution in [-0.4, -0.2) is 11.1 Å². The van der Waals surface area contributed by atoms with E-state index in [9.17, 15) is 4.79 Å². The monoisotopic (exact) mass is 144 g/mol. The Morgan fingerprint density at radius 2 is 2.67 bits per heavy atom. The first-order chi connectivity index (χ1) is 4.29. The molecule has 0 radical (unpaired) electrons. The summed E-state index contributed by atoms with van der Waals surface area (Å²) in [5.41, 5.74) is 4.69. The molecule has 0 unspecified atom stereocenters. The zero-order valence-electron chi connectivity index (χ0n) is 4.40. The molecule has 9 heavy (non-hydrogen) atoms. The van der Waals surface area contributed by atoms with Crippen LogP contribution in [0.5, 0.6) is 5.19 Å². The van der Waals surface area contributed by atoms with Crippen molar-refractivity contribution in [1.82, 2.24) is 4.98 Å². The SMILES string of the molecule is NC(=O)Oc1nccs1. The van der Waals surface area contributed by atoms with Gasteiger partial charge in [0.05, 0.1) is 0 Å². The Hall–Kier alpha value is -1.10. The number of nitrogens with two attached hydrogens (primary N) is 1. The van der Waals surface area contributed by atoms with E-state index in [4.69, 9.17) is 0 Å². The highest BCUT2D eigenvalue weighted by atomic mass is 32.1. The minimum atomic E-state index is -0.829. The van der Waals surface area contributed by atoms with Crippen molar-refractivity contribution < 1.29 is 9.53 Å². The number of hydrogen-bond acceptors (Lipinski definition) is 4. The van der Waals surface area contributed by atoms with Gasteiger partial charge < -0.3 is 10.5 Å². The second-order valence-corrected chi connectivity index (χ2v) is 2.08. The molecule has 2 N–H and O–H groups in total. The molecule has 1 amide bonds. The average molecular weight is 144 g/mol. The number of primary amides is 1. The van der Waals surface area contributed by atoms with E-state index in [1.807, 2.05) is 0 Å². The van der Waals surface area contributed by atoms with Crippen molar-refractivity contribution in [2.75, 3.05) is 0 Å². The fourth-order valence-corrected chi connectivity index (χ4v) is 0.837. The summed E-state index contributed by atoms with van der Waals surface area (Å²) in [7, 11) is 0. The van der Waals surface area contributed by atoms with Crippen molar-refractivity contribution in [3.05, 3.63) is 11.6 Å². The van der Waals surface area contributed by atoms with Crippen LogP contribution >= 0.6 is 11.3 Å². The van der Waals surface area contributed by atoms with Crippen LogP contribution in [-0.2, 0) is 0 Å². The van der Waals surface area contributed by atoms with Crippen molar-refractivity contribution in [2.45, 2.75) is 0 Å². The van der Waals surface area contributed by atoms with Crippen LogP contribution in [0.3, 0.4) is 0 Å². The number of rotatable bonds is 1. The predicted molar refractivity (Wildman–Crippen MR) is 32.3 cm³/mol. The van der Waals surface area contributed by atoms with Gasteiger partial charge in [-0.2, -0.15) is 0 Å². The number of thiazole rings is 1. The highest BCUT2D eigenvalue weighted by molar-refractivity contribution is 7.11. The van der Waals surface area contributed by atoms with E-state index in [1.165, 1.54) is 17.5 Å². The molecule has 1 aromatic heterocycles. The lowest BCUT2D eigenvalue weighted by Crippen LogP contribution is -2.15. The van der Waals surface area contributed by atoms with Gasteiger partial charge in [0.15, 0.2) is 0 Å².